The van der Waals surface area contributed by atoms with Gasteiger partial charge < -0.3 is 10.1 Å². The fourth-order valence-corrected chi connectivity index (χ4v) is 3.11. The maximum atomic E-state index is 12.3. The van der Waals surface area contributed by atoms with Gasteiger partial charge in [0.1, 0.15) is 5.75 Å². The molecule has 0 atom stereocenters. The molecule has 33 heavy (non-hydrogen) atoms. The van der Waals surface area contributed by atoms with E-state index in [0.29, 0.717) is 22.6 Å². The number of amides is 2. The van der Waals surface area contributed by atoms with E-state index in [2.05, 4.69) is 15.8 Å². The van der Waals surface area contributed by atoms with Crippen LogP contribution in [0.15, 0.2) is 71.8 Å². The van der Waals surface area contributed by atoms with Crippen LogP contribution in [0.4, 0.5) is 5.69 Å². The third-order valence-corrected chi connectivity index (χ3v) is 5.40. The third kappa shape index (κ3) is 6.19. The highest BCUT2D eigenvalue weighted by molar-refractivity contribution is 6.45. The number of rotatable bonds is 5. The van der Waals surface area contributed by atoms with E-state index >= 15 is 0 Å². The monoisotopic (exact) mass is 483 g/mol. The Kier molecular flexibility index (Phi) is 7.82. The van der Waals surface area contributed by atoms with Crippen molar-refractivity contribution in [2.45, 2.75) is 13.8 Å². The first-order chi connectivity index (χ1) is 15.8. The van der Waals surface area contributed by atoms with Crippen LogP contribution in [0.25, 0.3) is 0 Å². The second kappa shape index (κ2) is 10.8. The molecule has 0 aliphatic carbocycles. The van der Waals surface area contributed by atoms with Gasteiger partial charge in [0.05, 0.1) is 27.0 Å². The average Bonchev–Trinajstić information content (AvgIpc) is 2.80. The molecule has 0 heterocycles. The van der Waals surface area contributed by atoms with Gasteiger partial charge in [-0.3, -0.25) is 9.59 Å². The normalized spacial score (nSPS) is 11.0. The SMILES string of the molecule is C/C(=N\NC(=O)C(=O)Nc1cccc(Cl)c1Cl)c1ccc(OC(=O)c2ccccc2C)cc1. The van der Waals surface area contributed by atoms with Crippen LogP contribution in [0.3, 0.4) is 0 Å². The number of ether oxygens (including phenoxy) is 1. The molecule has 168 valence electrons. The van der Waals surface area contributed by atoms with Crippen LogP contribution in [0.2, 0.25) is 10.0 Å². The number of hydrogen-bond acceptors (Lipinski definition) is 5. The first-order valence-electron chi connectivity index (χ1n) is 9.74. The van der Waals surface area contributed by atoms with Gasteiger partial charge in [-0.05, 0) is 67.4 Å². The van der Waals surface area contributed by atoms with Crippen molar-refractivity contribution in [3.8, 4) is 5.75 Å². The molecule has 0 saturated carbocycles. The Morgan fingerprint density at radius 2 is 1.58 bits per heavy atom. The number of hydrazone groups is 1. The van der Waals surface area contributed by atoms with Crippen molar-refractivity contribution in [2.75, 3.05) is 5.32 Å². The highest BCUT2D eigenvalue weighted by Crippen LogP contribution is 2.29. The Labute approximate surface area is 200 Å². The molecule has 0 aliphatic rings. The standard InChI is InChI=1S/C24H19Cl2N3O4/c1-14-6-3-4-7-18(14)24(32)33-17-12-10-16(11-13-17)15(2)28-29-23(31)22(30)27-20-9-5-8-19(25)21(20)26/h3-13H,1-2H3,(H,27,30)(H,29,31)/b28-15+. The van der Waals surface area contributed by atoms with Gasteiger partial charge in [-0.1, -0.05) is 47.5 Å². The van der Waals surface area contributed by atoms with E-state index < -0.39 is 17.8 Å². The number of carbonyl (C=O) groups is 3. The summed E-state index contributed by atoms with van der Waals surface area (Å²) in [6.07, 6.45) is 0. The number of nitrogens with zero attached hydrogens (tertiary/aromatic N) is 1. The van der Waals surface area contributed by atoms with Gasteiger partial charge in [0, 0.05) is 0 Å². The molecular weight excluding hydrogens is 465 g/mol. The highest BCUT2D eigenvalue weighted by Gasteiger charge is 2.16. The summed E-state index contributed by atoms with van der Waals surface area (Å²) in [7, 11) is 0. The van der Waals surface area contributed by atoms with Crippen molar-refractivity contribution in [1.29, 1.82) is 0 Å². The molecule has 3 aromatic carbocycles. The second-order valence-corrected chi connectivity index (χ2v) is 7.71. The van der Waals surface area contributed by atoms with Gasteiger partial charge >= 0.3 is 17.8 Å². The molecule has 3 aromatic rings. The summed E-state index contributed by atoms with van der Waals surface area (Å²) < 4.78 is 5.40. The predicted octanol–water partition coefficient (Wildman–Crippen LogP) is 5.00. The molecule has 0 unspecified atom stereocenters. The topological polar surface area (TPSA) is 96.9 Å². The van der Waals surface area contributed by atoms with E-state index in [9.17, 15) is 14.4 Å². The van der Waals surface area contributed by atoms with Crippen molar-refractivity contribution in [2.24, 2.45) is 5.10 Å². The van der Waals surface area contributed by atoms with Gasteiger partial charge in [0.2, 0.25) is 0 Å². The lowest BCUT2D eigenvalue weighted by Crippen LogP contribution is -2.33. The summed E-state index contributed by atoms with van der Waals surface area (Å²) in [4.78, 5) is 36.4. The molecule has 2 N–H and O–H groups in total. The van der Waals surface area contributed by atoms with Crippen LogP contribution in [0.5, 0.6) is 5.75 Å². The molecule has 0 saturated heterocycles. The van der Waals surface area contributed by atoms with Crippen molar-refractivity contribution >= 4 is 52.4 Å². The third-order valence-electron chi connectivity index (χ3n) is 4.58. The number of aryl methyl sites for hydroxylation is 1. The summed E-state index contributed by atoms with van der Waals surface area (Å²) in [6.45, 7) is 3.48. The Balaban J connectivity index is 1.59. The van der Waals surface area contributed by atoms with E-state index in [4.69, 9.17) is 27.9 Å². The molecule has 3 rings (SSSR count). The predicted molar refractivity (Wildman–Crippen MR) is 128 cm³/mol. The minimum Gasteiger partial charge on any atom is -0.423 e. The number of benzene rings is 3. The Hall–Kier alpha value is -3.68. The van der Waals surface area contributed by atoms with E-state index in [1.165, 1.54) is 6.07 Å². The fourth-order valence-electron chi connectivity index (χ4n) is 2.76. The van der Waals surface area contributed by atoms with E-state index in [1.54, 1.807) is 55.5 Å². The Morgan fingerprint density at radius 1 is 0.879 bits per heavy atom. The molecule has 0 aliphatic heterocycles. The average molecular weight is 484 g/mol. The lowest BCUT2D eigenvalue weighted by molar-refractivity contribution is -0.136. The molecule has 0 bridgehead atoms. The quantitative estimate of drug-likeness (QED) is 0.175. The molecule has 9 heteroatoms. The summed E-state index contributed by atoms with van der Waals surface area (Å²) in [5, 5.41) is 6.68. The van der Waals surface area contributed by atoms with Crippen molar-refractivity contribution < 1.29 is 19.1 Å². The van der Waals surface area contributed by atoms with Crippen molar-refractivity contribution in [1.82, 2.24) is 5.43 Å². The maximum absolute atomic E-state index is 12.3. The fraction of sp³-hybridized carbons (Fsp3) is 0.0833. The number of carbonyl (C=O) groups excluding carboxylic acids is 3. The van der Waals surface area contributed by atoms with Crippen molar-refractivity contribution in [3.05, 3.63) is 93.5 Å². The Bertz CT molecular complexity index is 1240. The van der Waals surface area contributed by atoms with E-state index in [-0.39, 0.29) is 15.7 Å². The number of halogens is 2. The summed E-state index contributed by atoms with van der Waals surface area (Å²) in [5.41, 5.74) is 4.79. The minimum absolute atomic E-state index is 0.128. The lowest BCUT2D eigenvalue weighted by Gasteiger charge is -2.08. The second-order valence-electron chi connectivity index (χ2n) is 6.92. The molecule has 0 aromatic heterocycles. The largest absolute Gasteiger partial charge is 0.423 e. The summed E-state index contributed by atoms with van der Waals surface area (Å²) >= 11 is 11.9. The maximum Gasteiger partial charge on any atom is 0.343 e. The number of esters is 1. The van der Waals surface area contributed by atoms with Crippen LogP contribution < -0.4 is 15.5 Å². The Morgan fingerprint density at radius 3 is 2.27 bits per heavy atom. The molecule has 0 radical (unpaired) electrons. The highest BCUT2D eigenvalue weighted by atomic mass is 35.5. The van der Waals surface area contributed by atoms with E-state index in [1.807, 2.05) is 19.1 Å². The zero-order valence-corrected chi connectivity index (χ0v) is 19.2. The van der Waals surface area contributed by atoms with E-state index in [0.717, 1.165) is 5.56 Å². The molecule has 0 fully saturated rings. The zero-order chi connectivity index (χ0) is 24.0. The van der Waals surface area contributed by atoms with Gasteiger partial charge in [0.25, 0.3) is 0 Å². The first-order valence-corrected chi connectivity index (χ1v) is 10.5. The van der Waals surface area contributed by atoms with Gasteiger partial charge in [0.15, 0.2) is 0 Å². The van der Waals surface area contributed by atoms with Crippen LogP contribution in [0, 0.1) is 6.92 Å². The number of hydrogen-bond donors (Lipinski definition) is 2. The van der Waals surface area contributed by atoms with Crippen molar-refractivity contribution in [3.63, 3.8) is 0 Å². The molecule has 7 nitrogen and oxygen atoms in total. The minimum atomic E-state index is -0.978. The molecule has 2 amide bonds. The lowest BCUT2D eigenvalue weighted by atomic mass is 10.1. The molecule has 0 spiro atoms. The zero-order valence-electron chi connectivity index (χ0n) is 17.7. The first kappa shape index (κ1) is 24.0. The number of nitrogens with one attached hydrogen (secondary N) is 2. The van der Waals surface area contributed by atoms with Crippen LogP contribution in [-0.2, 0) is 9.59 Å². The van der Waals surface area contributed by atoms with Gasteiger partial charge in [-0.15, -0.1) is 0 Å². The number of anilines is 1. The van der Waals surface area contributed by atoms with Crippen LogP contribution in [0.1, 0.15) is 28.4 Å². The van der Waals surface area contributed by atoms with Gasteiger partial charge in [-0.2, -0.15) is 5.10 Å². The smallest absolute Gasteiger partial charge is 0.343 e. The van der Waals surface area contributed by atoms with Gasteiger partial charge in [-0.25, -0.2) is 10.2 Å². The molecular formula is C24H19Cl2N3O4. The summed E-state index contributed by atoms with van der Waals surface area (Å²) in [6, 6.07) is 18.4. The summed E-state index contributed by atoms with van der Waals surface area (Å²) in [5.74, 6) is -2.02. The van der Waals surface area contributed by atoms with Crippen LogP contribution >= 0.6 is 23.2 Å². The van der Waals surface area contributed by atoms with Crippen LogP contribution in [-0.4, -0.2) is 23.5 Å².